The highest BCUT2D eigenvalue weighted by atomic mass is 15.1. The van der Waals surface area contributed by atoms with Gasteiger partial charge in [0.15, 0.2) is 0 Å². The summed E-state index contributed by atoms with van der Waals surface area (Å²) in [5, 5.41) is 12.5. The van der Waals surface area contributed by atoms with Crippen molar-refractivity contribution in [1.82, 2.24) is 4.90 Å². The van der Waals surface area contributed by atoms with Crippen molar-refractivity contribution in [3.05, 3.63) is 29.8 Å². The average molecular weight is 271 g/mol. The maximum Gasteiger partial charge on any atom is 0.0992 e. The third kappa shape index (κ3) is 3.98. The maximum atomic E-state index is 8.94. The smallest absolute Gasteiger partial charge is 0.0992 e. The molecule has 1 N–H and O–H groups in total. The quantitative estimate of drug-likeness (QED) is 0.891. The van der Waals surface area contributed by atoms with Gasteiger partial charge in [0.1, 0.15) is 0 Å². The molecule has 2 rings (SSSR count). The van der Waals surface area contributed by atoms with E-state index in [0.717, 1.165) is 17.2 Å². The predicted octanol–water partition coefficient (Wildman–Crippen LogP) is 3.48. The van der Waals surface area contributed by atoms with Crippen molar-refractivity contribution in [3.8, 4) is 6.07 Å². The van der Waals surface area contributed by atoms with Gasteiger partial charge < -0.3 is 10.2 Å². The summed E-state index contributed by atoms with van der Waals surface area (Å²) < 4.78 is 0. The molecule has 1 fully saturated rings. The molecule has 0 amide bonds. The summed E-state index contributed by atoms with van der Waals surface area (Å²) in [6, 6.07) is 10.4. The van der Waals surface area contributed by atoms with E-state index in [2.05, 4.69) is 30.1 Å². The van der Waals surface area contributed by atoms with Gasteiger partial charge in [0.05, 0.1) is 11.6 Å². The van der Waals surface area contributed by atoms with Crippen LogP contribution in [0.3, 0.4) is 0 Å². The minimum Gasteiger partial charge on any atom is -0.382 e. The van der Waals surface area contributed by atoms with Crippen molar-refractivity contribution < 1.29 is 0 Å². The van der Waals surface area contributed by atoms with Crippen LogP contribution < -0.4 is 5.32 Å². The number of hydrogen-bond donors (Lipinski definition) is 1. The molecule has 3 heteroatoms. The van der Waals surface area contributed by atoms with Crippen molar-refractivity contribution in [2.75, 3.05) is 25.0 Å². The summed E-state index contributed by atoms with van der Waals surface area (Å²) in [6.45, 7) is 8.20. The second-order valence-electron chi connectivity index (χ2n) is 5.80. The Hall–Kier alpha value is -1.53. The molecule has 1 aromatic carbocycles. The first-order valence-electron chi connectivity index (χ1n) is 7.72. The van der Waals surface area contributed by atoms with Gasteiger partial charge in [-0.05, 0) is 69.9 Å². The Balaban J connectivity index is 1.86. The van der Waals surface area contributed by atoms with Crippen LogP contribution in [-0.4, -0.2) is 30.6 Å². The maximum absolute atomic E-state index is 8.94. The van der Waals surface area contributed by atoms with Crippen molar-refractivity contribution >= 4 is 5.69 Å². The lowest BCUT2D eigenvalue weighted by Gasteiger charge is -2.35. The van der Waals surface area contributed by atoms with Crippen molar-refractivity contribution in [2.45, 2.75) is 39.2 Å². The molecule has 0 saturated carbocycles. The van der Waals surface area contributed by atoms with E-state index in [9.17, 15) is 0 Å². The number of nitrogens with zero attached hydrogens (tertiary/aromatic N) is 2. The first-order valence-corrected chi connectivity index (χ1v) is 7.72. The van der Waals surface area contributed by atoms with Crippen LogP contribution in [0, 0.1) is 17.2 Å². The fourth-order valence-corrected chi connectivity index (χ4v) is 3.05. The van der Waals surface area contributed by atoms with E-state index in [4.69, 9.17) is 5.26 Å². The molecule has 20 heavy (non-hydrogen) atoms. The summed E-state index contributed by atoms with van der Waals surface area (Å²) in [5.74, 6) is 0.730. The minimum absolute atomic E-state index is 0.465. The van der Waals surface area contributed by atoms with Gasteiger partial charge in [-0.2, -0.15) is 5.26 Å². The van der Waals surface area contributed by atoms with Gasteiger partial charge in [0.2, 0.25) is 0 Å². The number of hydrogen-bond acceptors (Lipinski definition) is 3. The molecule has 1 heterocycles. The Morgan fingerprint density at radius 2 is 2.15 bits per heavy atom. The highest BCUT2D eigenvalue weighted by Crippen LogP contribution is 2.23. The molecule has 0 bridgehead atoms. The zero-order valence-electron chi connectivity index (χ0n) is 12.6. The monoisotopic (exact) mass is 271 g/mol. The number of rotatable bonds is 5. The van der Waals surface area contributed by atoms with E-state index < -0.39 is 0 Å². The molecule has 3 nitrogen and oxygen atoms in total. The number of likely N-dealkylation sites (tertiary alicyclic amines) is 1. The van der Waals surface area contributed by atoms with Gasteiger partial charge in [-0.3, -0.25) is 0 Å². The summed E-state index contributed by atoms with van der Waals surface area (Å²) in [4.78, 5) is 2.57. The average Bonchev–Trinajstić information content (AvgIpc) is 2.48. The number of nitriles is 1. The normalized spacial score (nSPS) is 18.4. The Kier molecular flexibility index (Phi) is 5.43. The van der Waals surface area contributed by atoms with Crippen LogP contribution in [-0.2, 0) is 0 Å². The zero-order chi connectivity index (χ0) is 14.4. The fourth-order valence-electron chi connectivity index (χ4n) is 3.05. The van der Waals surface area contributed by atoms with Crippen LogP contribution in [0.15, 0.2) is 24.3 Å². The molecular formula is C17H25N3. The van der Waals surface area contributed by atoms with Crippen LogP contribution in [0.4, 0.5) is 5.69 Å². The Morgan fingerprint density at radius 3 is 2.80 bits per heavy atom. The molecule has 1 aliphatic rings. The topological polar surface area (TPSA) is 39.1 Å². The van der Waals surface area contributed by atoms with Gasteiger partial charge >= 0.3 is 0 Å². The number of nitrogens with one attached hydrogen (secondary N) is 1. The highest BCUT2D eigenvalue weighted by molar-refractivity contribution is 5.49. The van der Waals surface area contributed by atoms with Gasteiger partial charge in [0, 0.05) is 11.7 Å². The molecular weight excluding hydrogens is 246 g/mol. The molecule has 1 atom stereocenters. The Morgan fingerprint density at radius 1 is 1.40 bits per heavy atom. The Labute approximate surface area is 122 Å². The van der Waals surface area contributed by atoms with E-state index in [1.807, 2.05) is 24.3 Å². The summed E-state index contributed by atoms with van der Waals surface area (Å²) in [5.41, 5.74) is 1.78. The second kappa shape index (κ2) is 7.31. The van der Waals surface area contributed by atoms with Crippen LogP contribution in [0.25, 0.3) is 0 Å². The predicted molar refractivity (Wildman–Crippen MR) is 83.7 cm³/mol. The summed E-state index contributed by atoms with van der Waals surface area (Å²) in [6.07, 6.45) is 3.79. The molecule has 0 aliphatic carbocycles. The first kappa shape index (κ1) is 14.9. The number of anilines is 1. The van der Waals surface area contributed by atoms with E-state index >= 15 is 0 Å². The minimum atomic E-state index is 0.465. The molecule has 1 saturated heterocycles. The number of benzene rings is 1. The van der Waals surface area contributed by atoms with Crippen molar-refractivity contribution in [1.29, 1.82) is 5.26 Å². The van der Waals surface area contributed by atoms with Gasteiger partial charge in [-0.25, -0.2) is 0 Å². The molecule has 1 aliphatic heterocycles. The first-order chi connectivity index (χ1) is 9.72. The van der Waals surface area contributed by atoms with Gasteiger partial charge in [-0.1, -0.05) is 13.0 Å². The molecule has 0 aromatic heterocycles. The van der Waals surface area contributed by atoms with Crippen molar-refractivity contribution in [2.24, 2.45) is 5.92 Å². The molecule has 1 aromatic rings. The van der Waals surface area contributed by atoms with E-state index in [-0.39, 0.29) is 0 Å². The van der Waals surface area contributed by atoms with Crippen LogP contribution in [0.5, 0.6) is 0 Å². The van der Waals surface area contributed by atoms with Crippen LogP contribution in [0.1, 0.15) is 38.7 Å². The zero-order valence-corrected chi connectivity index (χ0v) is 12.6. The van der Waals surface area contributed by atoms with Gasteiger partial charge in [0.25, 0.3) is 0 Å². The van der Waals surface area contributed by atoms with E-state index in [0.29, 0.717) is 6.04 Å². The molecule has 0 radical (unpaired) electrons. The fraction of sp³-hybridized carbons (Fsp3) is 0.588. The van der Waals surface area contributed by atoms with Crippen LogP contribution in [0.2, 0.25) is 0 Å². The van der Waals surface area contributed by atoms with Gasteiger partial charge in [-0.15, -0.1) is 0 Å². The standard InChI is InChI=1S/C17H25N3/c1-3-9-20-10-7-16(8-11-20)14(2)19-17-6-4-5-15(12-17)13-18/h4-6,12,14,16,19H,3,7-11H2,1-2H3. The Bertz CT molecular complexity index is 456. The third-order valence-corrected chi connectivity index (χ3v) is 4.27. The lowest BCUT2D eigenvalue weighted by molar-refractivity contribution is 0.176. The summed E-state index contributed by atoms with van der Waals surface area (Å²) in [7, 11) is 0. The third-order valence-electron chi connectivity index (χ3n) is 4.27. The lowest BCUT2D eigenvalue weighted by atomic mass is 9.90. The van der Waals surface area contributed by atoms with Crippen molar-refractivity contribution in [3.63, 3.8) is 0 Å². The lowest BCUT2D eigenvalue weighted by Crippen LogP contribution is -2.39. The largest absolute Gasteiger partial charge is 0.382 e. The molecule has 1 unspecified atom stereocenters. The number of piperidine rings is 1. The second-order valence-corrected chi connectivity index (χ2v) is 5.80. The van der Waals surface area contributed by atoms with E-state index in [1.54, 1.807) is 0 Å². The van der Waals surface area contributed by atoms with Crippen LogP contribution >= 0.6 is 0 Å². The summed E-state index contributed by atoms with van der Waals surface area (Å²) >= 11 is 0. The van der Waals surface area contributed by atoms with E-state index in [1.165, 1.54) is 38.9 Å². The highest BCUT2D eigenvalue weighted by Gasteiger charge is 2.23. The molecule has 0 spiro atoms. The SMILES string of the molecule is CCCN1CCC(C(C)Nc2cccc(C#N)c2)CC1. The molecule has 108 valence electrons.